The monoisotopic (exact) mass is 260 g/mol. The predicted octanol–water partition coefficient (Wildman–Crippen LogP) is 2.48. The second-order valence-electron chi connectivity index (χ2n) is 4.12. The Morgan fingerprint density at radius 2 is 2.00 bits per heavy atom. The maximum atomic E-state index is 13.3. The van der Waals surface area contributed by atoms with Crippen LogP contribution in [0.5, 0.6) is 0 Å². The smallest absolute Gasteiger partial charge is 0.228 e. The van der Waals surface area contributed by atoms with Crippen LogP contribution in [0, 0.1) is 18.7 Å². The highest BCUT2D eigenvalue weighted by molar-refractivity contribution is 5.92. The minimum atomic E-state index is -0.434. The van der Waals surface area contributed by atoms with Crippen LogP contribution in [0.25, 0.3) is 0 Å². The maximum Gasteiger partial charge on any atom is 0.228 e. The molecule has 0 fully saturated rings. The van der Waals surface area contributed by atoms with Gasteiger partial charge in [0.25, 0.3) is 0 Å². The van der Waals surface area contributed by atoms with Gasteiger partial charge in [0.1, 0.15) is 5.82 Å². The lowest BCUT2D eigenvalue weighted by molar-refractivity contribution is -0.119. The van der Waals surface area contributed by atoms with Crippen molar-refractivity contribution in [3.8, 4) is 0 Å². The Bertz CT molecular complexity index is 396. The molecule has 0 saturated carbocycles. The van der Waals surface area contributed by atoms with E-state index < -0.39 is 5.82 Å². The molecule has 0 radical (unpaired) electrons. The van der Waals surface area contributed by atoms with Crippen molar-refractivity contribution in [2.24, 2.45) is 11.7 Å². The van der Waals surface area contributed by atoms with Crippen LogP contribution in [0.1, 0.15) is 19.4 Å². The van der Waals surface area contributed by atoms with E-state index in [4.69, 9.17) is 5.73 Å². The molecule has 1 amide bonds. The van der Waals surface area contributed by atoms with Gasteiger partial charge in [-0.3, -0.25) is 4.79 Å². The van der Waals surface area contributed by atoms with E-state index in [9.17, 15) is 9.18 Å². The Balaban J connectivity index is 0.00000256. The van der Waals surface area contributed by atoms with Crippen molar-refractivity contribution >= 4 is 24.0 Å². The fraction of sp³-hybridized carbons (Fsp3) is 0.417. The Kier molecular flexibility index (Phi) is 6.13. The molecule has 0 aliphatic carbocycles. The summed E-state index contributed by atoms with van der Waals surface area (Å²) in [6.45, 7) is 5.30. The van der Waals surface area contributed by atoms with E-state index in [0.29, 0.717) is 0 Å². The number of rotatable bonds is 3. The molecular formula is C12H18ClFN2O. The van der Waals surface area contributed by atoms with Gasteiger partial charge in [-0.15, -0.1) is 12.4 Å². The minimum Gasteiger partial charge on any atom is -0.327 e. The number of amides is 1. The molecule has 0 heterocycles. The third-order valence-electron chi connectivity index (χ3n) is 2.58. The first-order valence-corrected chi connectivity index (χ1v) is 5.24. The molecule has 1 aromatic rings. The van der Waals surface area contributed by atoms with Crippen molar-refractivity contribution in [2.45, 2.75) is 26.8 Å². The Morgan fingerprint density at radius 1 is 1.41 bits per heavy atom. The third-order valence-corrected chi connectivity index (χ3v) is 2.58. The normalized spacial score (nSPS) is 13.5. The van der Waals surface area contributed by atoms with Crippen molar-refractivity contribution in [3.63, 3.8) is 0 Å². The van der Waals surface area contributed by atoms with Crippen LogP contribution in [0.4, 0.5) is 10.1 Å². The molecule has 0 spiro atoms. The molecule has 1 rings (SSSR count). The SMILES string of the molecule is Cc1ccc(F)c(NC(=O)C(C)C(C)N)c1.Cl. The molecular weight excluding hydrogens is 243 g/mol. The first-order valence-electron chi connectivity index (χ1n) is 5.24. The van der Waals surface area contributed by atoms with Gasteiger partial charge in [0, 0.05) is 6.04 Å². The average Bonchev–Trinajstić information content (AvgIpc) is 2.22. The summed E-state index contributed by atoms with van der Waals surface area (Å²) in [5.74, 6) is -1.05. The topological polar surface area (TPSA) is 55.1 Å². The average molecular weight is 261 g/mol. The van der Waals surface area contributed by atoms with E-state index in [1.165, 1.54) is 6.07 Å². The van der Waals surface area contributed by atoms with Crippen LogP contribution in [-0.2, 0) is 4.79 Å². The molecule has 17 heavy (non-hydrogen) atoms. The highest BCUT2D eigenvalue weighted by atomic mass is 35.5. The predicted molar refractivity (Wildman–Crippen MR) is 69.8 cm³/mol. The van der Waals surface area contributed by atoms with Gasteiger partial charge in [0.2, 0.25) is 5.91 Å². The second-order valence-corrected chi connectivity index (χ2v) is 4.12. The summed E-state index contributed by atoms with van der Waals surface area (Å²) < 4.78 is 13.3. The molecule has 1 aromatic carbocycles. The van der Waals surface area contributed by atoms with Crippen molar-refractivity contribution in [3.05, 3.63) is 29.6 Å². The second kappa shape index (κ2) is 6.57. The van der Waals surface area contributed by atoms with Gasteiger partial charge in [0.15, 0.2) is 0 Å². The number of benzene rings is 1. The summed E-state index contributed by atoms with van der Waals surface area (Å²) >= 11 is 0. The minimum absolute atomic E-state index is 0. The fourth-order valence-electron chi connectivity index (χ4n) is 1.22. The summed E-state index contributed by atoms with van der Waals surface area (Å²) in [7, 11) is 0. The zero-order chi connectivity index (χ0) is 12.3. The summed E-state index contributed by atoms with van der Waals surface area (Å²) in [6.07, 6.45) is 0. The summed E-state index contributed by atoms with van der Waals surface area (Å²) in [5.41, 5.74) is 6.70. The van der Waals surface area contributed by atoms with E-state index in [0.717, 1.165) is 5.56 Å². The van der Waals surface area contributed by atoms with Gasteiger partial charge < -0.3 is 11.1 Å². The van der Waals surface area contributed by atoms with Gasteiger partial charge in [0.05, 0.1) is 11.6 Å². The maximum absolute atomic E-state index is 13.3. The summed E-state index contributed by atoms with van der Waals surface area (Å²) in [6, 6.07) is 4.33. The molecule has 0 bridgehead atoms. The zero-order valence-electron chi connectivity index (χ0n) is 10.2. The number of nitrogens with two attached hydrogens (primary N) is 1. The first kappa shape index (κ1) is 15.9. The Labute approximate surface area is 107 Å². The highest BCUT2D eigenvalue weighted by Gasteiger charge is 2.18. The lowest BCUT2D eigenvalue weighted by atomic mass is 10.0. The van der Waals surface area contributed by atoms with Crippen molar-refractivity contribution in [1.29, 1.82) is 0 Å². The van der Waals surface area contributed by atoms with Gasteiger partial charge in [-0.05, 0) is 31.5 Å². The molecule has 96 valence electrons. The van der Waals surface area contributed by atoms with Crippen LogP contribution in [-0.4, -0.2) is 11.9 Å². The Hall–Kier alpha value is -1.13. The van der Waals surface area contributed by atoms with E-state index in [1.807, 2.05) is 6.92 Å². The van der Waals surface area contributed by atoms with Gasteiger partial charge in [-0.2, -0.15) is 0 Å². The van der Waals surface area contributed by atoms with E-state index in [-0.39, 0.29) is 36.0 Å². The highest BCUT2D eigenvalue weighted by Crippen LogP contribution is 2.16. The number of halogens is 2. The number of hydrogen-bond acceptors (Lipinski definition) is 2. The largest absolute Gasteiger partial charge is 0.327 e. The number of carbonyl (C=O) groups excluding carboxylic acids is 1. The quantitative estimate of drug-likeness (QED) is 0.877. The number of aryl methyl sites for hydroxylation is 1. The first-order chi connectivity index (χ1) is 7.41. The molecule has 0 aromatic heterocycles. The van der Waals surface area contributed by atoms with Crippen LogP contribution in [0.2, 0.25) is 0 Å². The molecule has 3 nitrogen and oxygen atoms in total. The van der Waals surface area contributed by atoms with E-state index in [1.54, 1.807) is 26.0 Å². The number of anilines is 1. The van der Waals surface area contributed by atoms with E-state index in [2.05, 4.69) is 5.32 Å². The molecule has 0 aliphatic rings. The molecule has 2 unspecified atom stereocenters. The van der Waals surface area contributed by atoms with Gasteiger partial charge in [-0.1, -0.05) is 13.0 Å². The zero-order valence-corrected chi connectivity index (χ0v) is 11.0. The fourth-order valence-corrected chi connectivity index (χ4v) is 1.22. The van der Waals surface area contributed by atoms with Crippen LogP contribution in [0.15, 0.2) is 18.2 Å². The molecule has 3 N–H and O–H groups in total. The lowest BCUT2D eigenvalue weighted by Gasteiger charge is -2.15. The van der Waals surface area contributed by atoms with Crippen molar-refractivity contribution in [2.75, 3.05) is 5.32 Å². The number of carbonyl (C=O) groups is 1. The summed E-state index contributed by atoms with van der Waals surface area (Å²) in [5, 5.41) is 2.54. The molecule has 5 heteroatoms. The van der Waals surface area contributed by atoms with Crippen molar-refractivity contribution < 1.29 is 9.18 Å². The van der Waals surface area contributed by atoms with Crippen LogP contribution in [0.3, 0.4) is 0 Å². The Morgan fingerprint density at radius 3 is 2.53 bits per heavy atom. The summed E-state index contributed by atoms with van der Waals surface area (Å²) in [4.78, 5) is 11.7. The number of hydrogen-bond donors (Lipinski definition) is 2. The number of nitrogens with one attached hydrogen (secondary N) is 1. The molecule has 2 atom stereocenters. The van der Waals surface area contributed by atoms with Crippen molar-refractivity contribution in [1.82, 2.24) is 0 Å². The van der Waals surface area contributed by atoms with E-state index >= 15 is 0 Å². The third kappa shape index (κ3) is 4.32. The molecule has 0 aliphatic heterocycles. The standard InChI is InChI=1S/C12H17FN2O.ClH/c1-7-4-5-10(13)11(6-7)15-12(16)8(2)9(3)14;/h4-6,8-9H,14H2,1-3H3,(H,15,16);1H. The van der Waals surface area contributed by atoms with Crippen LogP contribution >= 0.6 is 12.4 Å². The van der Waals surface area contributed by atoms with Crippen LogP contribution < -0.4 is 11.1 Å². The lowest BCUT2D eigenvalue weighted by Crippen LogP contribution is -2.34. The van der Waals surface area contributed by atoms with Gasteiger partial charge in [-0.25, -0.2) is 4.39 Å². The molecule has 0 saturated heterocycles. The van der Waals surface area contributed by atoms with Gasteiger partial charge >= 0.3 is 0 Å².